The van der Waals surface area contributed by atoms with Crippen LogP contribution in [0.25, 0.3) is 10.8 Å². The van der Waals surface area contributed by atoms with Gasteiger partial charge in [0.15, 0.2) is 0 Å². The zero-order valence-corrected chi connectivity index (χ0v) is 20.4. The molecule has 0 aliphatic carbocycles. The van der Waals surface area contributed by atoms with Crippen LogP contribution in [0.3, 0.4) is 0 Å². The van der Waals surface area contributed by atoms with Gasteiger partial charge >= 0.3 is 12.1 Å². The SMILES string of the molecule is C=CCC1CC(C(=O)N[C@@H](Cc2ccc3ccccc3c2)C(=O)OC)N(C(=O)OC(C)(C)C)C1. The van der Waals surface area contributed by atoms with E-state index >= 15 is 0 Å². The lowest BCUT2D eigenvalue weighted by atomic mass is 10.00. The summed E-state index contributed by atoms with van der Waals surface area (Å²) in [5, 5.41) is 4.97. The van der Waals surface area contributed by atoms with Crippen LogP contribution in [0.15, 0.2) is 55.1 Å². The Labute approximate surface area is 201 Å². The molecule has 1 saturated heterocycles. The molecule has 7 nitrogen and oxygen atoms in total. The molecule has 34 heavy (non-hydrogen) atoms. The number of carbonyl (C=O) groups excluding carboxylic acids is 3. The molecule has 0 radical (unpaired) electrons. The van der Waals surface area contributed by atoms with Crippen LogP contribution in [0.5, 0.6) is 0 Å². The van der Waals surface area contributed by atoms with Crippen LogP contribution < -0.4 is 5.32 Å². The average Bonchev–Trinajstić information content (AvgIpc) is 3.21. The molecule has 7 heteroatoms. The minimum Gasteiger partial charge on any atom is -0.467 e. The van der Waals surface area contributed by atoms with Crippen molar-refractivity contribution in [3.05, 3.63) is 60.7 Å². The van der Waals surface area contributed by atoms with E-state index in [-0.39, 0.29) is 12.3 Å². The topological polar surface area (TPSA) is 84.9 Å². The first-order valence-electron chi connectivity index (χ1n) is 11.6. The molecule has 0 bridgehead atoms. The normalized spacial score (nSPS) is 18.9. The van der Waals surface area contributed by atoms with Crippen molar-refractivity contribution in [3.8, 4) is 0 Å². The van der Waals surface area contributed by atoms with Crippen LogP contribution in [0.1, 0.15) is 39.2 Å². The first-order valence-corrected chi connectivity index (χ1v) is 11.6. The highest BCUT2D eigenvalue weighted by atomic mass is 16.6. The fourth-order valence-corrected chi connectivity index (χ4v) is 4.31. The van der Waals surface area contributed by atoms with E-state index in [0.717, 1.165) is 16.3 Å². The molecule has 3 atom stereocenters. The quantitative estimate of drug-likeness (QED) is 0.487. The van der Waals surface area contributed by atoms with E-state index in [1.165, 1.54) is 12.0 Å². The van der Waals surface area contributed by atoms with Crippen LogP contribution >= 0.6 is 0 Å². The van der Waals surface area contributed by atoms with Gasteiger partial charge in [-0.2, -0.15) is 0 Å². The van der Waals surface area contributed by atoms with Gasteiger partial charge in [0.2, 0.25) is 5.91 Å². The molecule has 1 N–H and O–H groups in total. The summed E-state index contributed by atoms with van der Waals surface area (Å²) < 4.78 is 10.5. The average molecular weight is 467 g/mol. The fraction of sp³-hybridized carbons (Fsp3) is 0.444. The van der Waals surface area contributed by atoms with Crippen LogP contribution in [0.4, 0.5) is 4.79 Å². The molecule has 1 aliphatic rings. The number of ether oxygens (including phenoxy) is 2. The third-order valence-electron chi connectivity index (χ3n) is 5.87. The monoisotopic (exact) mass is 466 g/mol. The van der Waals surface area contributed by atoms with Crippen molar-refractivity contribution in [2.45, 2.75) is 57.7 Å². The van der Waals surface area contributed by atoms with Gasteiger partial charge in [-0.3, -0.25) is 9.69 Å². The number of fused-ring (bicyclic) bond motifs is 1. The molecule has 1 fully saturated rings. The van der Waals surface area contributed by atoms with Crippen molar-refractivity contribution in [2.75, 3.05) is 13.7 Å². The van der Waals surface area contributed by atoms with E-state index in [4.69, 9.17) is 9.47 Å². The van der Waals surface area contributed by atoms with Gasteiger partial charge in [0.1, 0.15) is 17.7 Å². The molecular formula is C27H34N2O5. The molecule has 2 unspecified atom stereocenters. The third-order valence-corrected chi connectivity index (χ3v) is 5.87. The van der Waals surface area contributed by atoms with Crippen molar-refractivity contribution in [1.82, 2.24) is 10.2 Å². The number of allylic oxidation sites excluding steroid dienone is 1. The molecule has 0 spiro atoms. The van der Waals surface area contributed by atoms with Gasteiger partial charge < -0.3 is 14.8 Å². The summed E-state index contributed by atoms with van der Waals surface area (Å²) in [5.74, 6) is -0.836. The predicted molar refractivity (Wildman–Crippen MR) is 131 cm³/mol. The Kier molecular flexibility index (Phi) is 7.97. The zero-order chi connectivity index (χ0) is 24.9. The molecule has 2 aromatic carbocycles. The minimum absolute atomic E-state index is 0.0952. The Morgan fingerprint density at radius 2 is 1.88 bits per heavy atom. The Bertz CT molecular complexity index is 1060. The summed E-state index contributed by atoms with van der Waals surface area (Å²) in [7, 11) is 1.30. The van der Waals surface area contributed by atoms with Crippen molar-refractivity contribution >= 4 is 28.7 Å². The van der Waals surface area contributed by atoms with Gasteiger partial charge in [-0.15, -0.1) is 6.58 Å². The molecule has 1 heterocycles. The number of nitrogens with zero attached hydrogens (tertiary/aromatic N) is 1. The predicted octanol–water partition coefficient (Wildman–Crippen LogP) is 4.24. The van der Waals surface area contributed by atoms with Gasteiger partial charge in [-0.25, -0.2) is 9.59 Å². The highest BCUT2D eigenvalue weighted by Crippen LogP contribution is 2.28. The minimum atomic E-state index is -0.877. The standard InChI is InChI=1S/C27H34N2O5/c1-6-9-19-16-23(29(17-19)26(32)34-27(2,3)4)24(30)28-22(25(31)33-5)15-18-12-13-20-10-7-8-11-21(20)14-18/h6-8,10-14,19,22-23H,1,9,15-17H2,2-5H3,(H,28,30)/t19?,22-,23?/m0/s1. The number of amides is 2. The second kappa shape index (κ2) is 10.7. The van der Waals surface area contributed by atoms with Crippen molar-refractivity contribution < 1.29 is 23.9 Å². The lowest BCUT2D eigenvalue weighted by molar-refractivity contribution is -0.145. The lowest BCUT2D eigenvalue weighted by Crippen LogP contribution is -2.52. The zero-order valence-electron chi connectivity index (χ0n) is 20.4. The number of methoxy groups -OCH3 is 1. The first-order chi connectivity index (χ1) is 16.1. The van der Waals surface area contributed by atoms with Crippen LogP contribution in [0.2, 0.25) is 0 Å². The number of benzene rings is 2. The molecular weight excluding hydrogens is 432 g/mol. The molecule has 0 aromatic heterocycles. The maximum absolute atomic E-state index is 13.3. The number of hydrogen-bond acceptors (Lipinski definition) is 5. The Hall–Kier alpha value is -3.35. The summed E-state index contributed by atoms with van der Waals surface area (Å²) in [6.07, 6.45) is 2.68. The van der Waals surface area contributed by atoms with Crippen LogP contribution in [0, 0.1) is 5.92 Å². The molecule has 1 aliphatic heterocycles. The number of hydrogen-bond donors (Lipinski definition) is 1. The highest BCUT2D eigenvalue weighted by Gasteiger charge is 2.42. The van der Waals surface area contributed by atoms with Gasteiger partial charge in [0.05, 0.1) is 7.11 Å². The van der Waals surface area contributed by atoms with E-state index in [9.17, 15) is 14.4 Å². The smallest absolute Gasteiger partial charge is 0.410 e. The van der Waals surface area contributed by atoms with Crippen LogP contribution in [-0.4, -0.2) is 54.2 Å². The summed E-state index contributed by atoms with van der Waals surface area (Å²) in [4.78, 5) is 40.1. The Morgan fingerprint density at radius 3 is 2.53 bits per heavy atom. The maximum atomic E-state index is 13.3. The first kappa shape index (κ1) is 25.3. The molecule has 3 rings (SSSR count). The van der Waals surface area contributed by atoms with Gasteiger partial charge in [0.25, 0.3) is 0 Å². The van der Waals surface area contributed by atoms with E-state index in [2.05, 4.69) is 11.9 Å². The number of esters is 1. The number of nitrogens with one attached hydrogen (secondary N) is 1. The number of likely N-dealkylation sites (tertiary alicyclic amines) is 1. The fourth-order valence-electron chi connectivity index (χ4n) is 4.31. The van der Waals surface area contributed by atoms with Crippen molar-refractivity contribution in [3.63, 3.8) is 0 Å². The van der Waals surface area contributed by atoms with Gasteiger partial charge in [-0.05, 0) is 55.9 Å². The van der Waals surface area contributed by atoms with Crippen molar-refractivity contribution in [1.29, 1.82) is 0 Å². The highest BCUT2D eigenvalue weighted by molar-refractivity contribution is 5.90. The molecule has 182 valence electrons. The third kappa shape index (κ3) is 6.37. The Morgan fingerprint density at radius 1 is 1.18 bits per heavy atom. The van der Waals surface area contributed by atoms with Gasteiger partial charge in [0, 0.05) is 13.0 Å². The van der Waals surface area contributed by atoms with E-state index in [1.807, 2.05) is 42.5 Å². The summed E-state index contributed by atoms with van der Waals surface area (Å²) in [5.41, 5.74) is 0.216. The van der Waals surface area contributed by atoms with Gasteiger partial charge in [-0.1, -0.05) is 48.5 Å². The lowest BCUT2D eigenvalue weighted by Gasteiger charge is -2.29. The number of rotatable bonds is 7. The van der Waals surface area contributed by atoms with E-state index in [0.29, 0.717) is 19.4 Å². The molecule has 2 amide bonds. The summed E-state index contributed by atoms with van der Waals surface area (Å²) in [6, 6.07) is 12.3. The maximum Gasteiger partial charge on any atom is 0.410 e. The number of carbonyl (C=O) groups is 3. The summed E-state index contributed by atoms with van der Waals surface area (Å²) in [6.45, 7) is 9.53. The second-order valence-corrected chi connectivity index (χ2v) is 9.74. The Balaban J connectivity index is 1.78. The summed E-state index contributed by atoms with van der Waals surface area (Å²) >= 11 is 0. The van der Waals surface area contributed by atoms with E-state index in [1.54, 1.807) is 26.8 Å². The molecule has 2 aromatic rings. The largest absolute Gasteiger partial charge is 0.467 e. The second-order valence-electron chi connectivity index (χ2n) is 9.74. The van der Waals surface area contributed by atoms with Crippen LogP contribution in [-0.2, 0) is 25.5 Å². The molecule has 0 saturated carbocycles. The van der Waals surface area contributed by atoms with Crippen molar-refractivity contribution in [2.24, 2.45) is 5.92 Å². The van der Waals surface area contributed by atoms with E-state index < -0.39 is 35.7 Å².